The average molecular weight is 329 g/mol. The Morgan fingerprint density at radius 1 is 1.45 bits per heavy atom. The highest BCUT2D eigenvalue weighted by atomic mass is 32.2. The van der Waals surface area contributed by atoms with Gasteiger partial charge in [0.05, 0.1) is 5.88 Å². The summed E-state index contributed by atoms with van der Waals surface area (Å²) in [4.78, 5) is 29.6. The predicted molar refractivity (Wildman–Crippen MR) is 78.0 cm³/mol. The van der Waals surface area contributed by atoms with Crippen LogP contribution in [0.1, 0.15) is 32.5 Å². The molecular formula is C13H19N3O5S. The van der Waals surface area contributed by atoms with Crippen molar-refractivity contribution in [3.63, 3.8) is 0 Å². The van der Waals surface area contributed by atoms with Crippen molar-refractivity contribution in [1.29, 1.82) is 0 Å². The van der Waals surface area contributed by atoms with Crippen molar-refractivity contribution in [3.8, 4) is 0 Å². The summed E-state index contributed by atoms with van der Waals surface area (Å²) in [5.41, 5.74) is -0.610. The molecule has 0 aliphatic carbocycles. The fourth-order valence-electron chi connectivity index (χ4n) is 1.77. The predicted octanol–water partition coefficient (Wildman–Crippen LogP) is 1.73. The third-order valence-electron chi connectivity index (χ3n) is 2.70. The Balaban J connectivity index is 1.91. The van der Waals surface area contributed by atoms with E-state index < -0.39 is 23.7 Å². The third-order valence-corrected chi connectivity index (χ3v) is 3.71. The Morgan fingerprint density at radius 2 is 2.18 bits per heavy atom. The van der Waals surface area contributed by atoms with Crippen LogP contribution in [-0.4, -0.2) is 50.4 Å². The molecule has 22 heavy (non-hydrogen) atoms. The monoisotopic (exact) mass is 329 g/mol. The number of aryl methyl sites for hydroxylation is 1. The van der Waals surface area contributed by atoms with E-state index in [2.05, 4.69) is 10.1 Å². The SMILES string of the molecule is Cc1nc(COC(=O)[C@@H]2CSCN2C(=O)OC(C)(C)C)no1. The number of rotatable bonds is 3. The van der Waals surface area contributed by atoms with Crippen LogP contribution in [0.15, 0.2) is 4.52 Å². The van der Waals surface area contributed by atoms with Gasteiger partial charge in [-0.05, 0) is 20.8 Å². The summed E-state index contributed by atoms with van der Waals surface area (Å²) >= 11 is 1.47. The van der Waals surface area contributed by atoms with Gasteiger partial charge in [-0.2, -0.15) is 4.98 Å². The van der Waals surface area contributed by atoms with Gasteiger partial charge in [-0.25, -0.2) is 9.59 Å². The molecule has 1 atom stereocenters. The number of carbonyl (C=O) groups is 2. The average Bonchev–Trinajstić information content (AvgIpc) is 3.02. The van der Waals surface area contributed by atoms with Gasteiger partial charge in [-0.3, -0.25) is 4.90 Å². The van der Waals surface area contributed by atoms with Crippen LogP contribution in [0.4, 0.5) is 4.79 Å². The largest absolute Gasteiger partial charge is 0.456 e. The second-order valence-electron chi connectivity index (χ2n) is 5.80. The van der Waals surface area contributed by atoms with Crippen LogP contribution < -0.4 is 0 Å². The Labute approximate surface area is 132 Å². The summed E-state index contributed by atoms with van der Waals surface area (Å²) in [5.74, 6) is 1.07. The van der Waals surface area contributed by atoms with Crippen molar-refractivity contribution in [2.75, 3.05) is 11.6 Å². The van der Waals surface area contributed by atoms with Gasteiger partial charge < -0.3 is 14.0 Å². The summed E-state index contributed by atoms with van der Waals surface area (Å²) in [7, 11) is 0. The topological polar surface area (TPSA) is 94.8 Å². The number of ether oxygens (including phenoxy) is 2. The molecule has 1 aliphatic heterocycles. The lowest BCUT2D eigenvalue weighted by Crippen LogP contribution is -2.45. The zero-order valence-corrected chi connectivity index (χ0v) is 13.8. The van der Waals surface area contributed by atoms with E-state index in [4.69, 9.17) is 14.0 Å². The smallest absolute Gasteiger partial charge is 0.411 e. The molecule has 122 valence electrons. The number of aromatic nitrogens is 2. The van der Waals surface area contributed by atoms with Crippen molar-refractivity contribution in [2.45, 2.75) is 45.9 Å². The van der Waals surface area contributed by atoms with Gasteiger partial charge in [0.15, 0.2) is 6.61 Å². The molecule has 1 aliphatic rings. The lowest BCUT2D eigenvalue weighted by atomic mass is 10.2. The number of carbonyl (C=O) groups excluding carboxylic acids is 2. The van der Waals surface area contributed by atoms with Crippen LogP contribution in [0.25, 0.3) is 0 Å². The number of amides is 1. The minimum atomic E-state index is -0.659. The van der Waals surface area contributed by atoms with Gasteiger partial charge in [0.25, 0.3) is 0 Å². The molecule has 0 bridgehead atoms. The molecule has 2 rings (SSSR count). The molecule has 1 amide bonds. The Morgan fingerprint density at radius 3 is 2.77 bits per heavy atom. The molecular weight excluding hydrogens is 310 g/mol. The number of esters is 1. The van der Waals surface area contributed by atoms with Crippen LogP contribution in [0.3, 0.4) is 0 Å². The first kappa shape index (κ1) is 16.6. The fourth-order valence-corrected chi connectivity index (χ4v) is 2.90. The van der Waals surface area contributed by atoms with Gasteiger partial charge in [0.2, 0.25) is 11.7 Å². The fraction of sp³-hybridized carbons (Fsp3) is 0.692. The normalized spacial score (nSPS) is 18.4. The van der Waals surface area contributed by atoms with E-state index in [1.165, 1.54) is 16.7 Å². The van der Waals surface area contributed by atoms with Gasteiger partial charge >= 0.3 is 12.1 Å². The Bertz CT molecular complexity index is 554. The first-order valence-corrected chi connectivity index (χ1v) is 7.95. The Kier molecular flexibility index (Phi) is 4.94. The van der Waals surface area contributed by atoms with Crippen molar-refractivity contribution in [1.82, 2.24) is 15.0 Å². The molecule has 0 radical (unpaired) electrons. The minimum Gasteiger partial charge on any atom is -0.456 e. The van der Waals surface area contributed by atoms with Gasteiger partial charge in [0.1, 0.15) is 11.6 Å². The highest BCUT2D eigenvalue weighted by Crippen LogP contribution is 2.24. The van der Waals surface area contributed by atoms with E-state index in [1.807, 2.05) is 0 Å². The minimum absolute atomic E-state index is 0.0838. The molecule has 0 spiro atoms. The van der Waals surface area contributed by atoms with Crippen LogP contribution in [0.2, 0.25) is 0 Å². The molecule has 1 fully saturated rings. The van der Waals surface area contributed by atoms with Crippen LogP contribution >= 0.6 is 11.8 Å². The second kappa shape index (κ2) is 6.55. The maximum absolute atomic E-state index is 12.1. The molecule has 9 heteroatoms. The zero-order valence-electron chi connectivity index (χ0n) is 13.0. The number of nitrogens with zero attached hydrogens (tertiary/aromatic N) is 3. The molecule has 0 unspecified atom stereocenters. The first-order valence-electron chi connectivity index (χ1n) is 6.79. The molecule has 1 saturated heterocycles. The van der Waals surface area contributed by atoms with Gasteiger partial charge in [0, 0.05) is 12.7 Å². The molecule has 0 N–H and O–H groups in total. The molecule has 0 aromatic carbocycles. The number of hydrogen-bond acceptors (Lipinski definition) is 8. The highest BCUT2D eigenvalue weighted by molar-refractivity contribution is 7.99. The van der Waals surface area contributed by atoms with E-state index in [0.717, 1.165) is 0 Å². The summed E-state index contributed by atoms with van der Waals surface area (Å²) in [6.45, 7) is 6.90. The first-order chi connectivity index (χ1) is 10.3. The molecule has 8 nitrogen and oxygen atoms in total. The van der Waals surface area contributed by atoms with Crippen LogP contribution in [0.5, 0.6) is 0 Å². The maximum atomic E-state index is 12.1. The molecule has 2 heterocycles. The number of hydrogen-bond donors (Lipinski definition) is 0. The van der Waals surface area contributed by atoms with E-state index in [-0.39, 0.29) is 6.61 Å². The van der Waals surface area contributed by atoms with Crippen molar-refractivity contribution >= 4 is 23.8 Å². The van der Waals surface area contributed by atoms with Crippen molar-refractivity contribution in [3.05, 3.63) is 11.7 Å². The van der Waals surface area contributed by atoms with E-state index in [0.29, 0.717) is 23.3 Å². The highest BCUT2D eigenvalue weighted by Gasteiger charge is 2.38. The summed E-state index contributed by atoms with van der Waals surface area (Å²) < 4.78 is 15.2. The maximum Gasteiger partial charge on any atom is 0.411 e. The number of thioether (sulfide) groups is 1. The van der Waals surface area contributed by atoms with E-state index >= 15 is 0 Å². The molecule has 1 aromatic rings. The standard InChI is InChI=1S/C13H19N3O5S/c1-8-14-10(15-21-8)5-19-11(17)9-6-22-7-16(9)12(18)20-13(2,3)4/h9H,5-7H2,1-4H3/t9-/m0/s1. The molecule has 1 aromatic heterocycles. The van der Waals surface area contributed by atoms with Gasteiger partial charge in [-0.15, -0.1) is 11.8 Å². The summed E-state index contributed by atoms with van der Waals surface area (Å²) in [5, 5.41) is 3.64. The van der Waals surface area contributed by atoms with E-state index in [1.54, 1.807) is 27.7 Å². The zero-order chi connectivity index (χ0) is 16.3. The summed E-state index contributed by atoms with van der Waals surface area (Å²) in [6.07, 6.45) is -0.519. The van der Waals surface area contributed by atoms with Crippen LogP contribution in [-0.2, 0) is 20.9 Å². The van der Waals surface area contributed by atoms with Crippen molar-refractivity contribution in [2.24, 2.45) is 0 Å². The van der Waals surface area contributed by atoms with E-state index in [9.17, 15) is 9.59 Å². The third kappa shape index (κ3) is 4.36. The quantitative estimate of drug-likeness (QED) is 0.774. The molecule has 0 saturated carbocycles. The van der Waals surface area contributed by atoms with Crippen molar-refractivity contribution < 1.29 is 23.6 Å². The Hall–Kier alpha value is -1.77. The lowest BCUT2D eigenvalue weighted by molar-refractivity contribution is -0.149. The van der Waals surface area contributed by atoms with Crippen LogP contribution in [0, 0.1) is 6.92 Å². The second-order valence-corrected chi connectivity index (χ2v) is 6.80. The van der Waals surface area contributed by atoms with Gasteiger partial charge in [-0.1, -0.05) is 5.16 Å². The lowest BCUT2D eigenvalue weighted by Gasteiger charge is -2.26. The summed E-state index contributed by atoms with van der Waals surface area (Å²) in [6, 6.07) is -0.659.